The Morgan fingerprint density at radius 1 is 1.03 bits per heavy atom. The fourth-order valence-electron chi connectivity index (χ4n) is 3.00. The molecule has 0 amide bonds. The van der Waals surface area contributed by atoms with Gasteiger partial charge in [-0.3, -0.25) is 0 Å². The van der Waals surface area contributed by atoms with Crippen LogP contribution >= 0.6 is 11.3 Å². The Bertz CT molecular complexity index is 976. The Morgan fingerprint density at radius 2 is 1.79 bits per heavy atom. The number of hydrogen-bond acceptors (Lipinski definition) is 7. The summed E-state index contributed by atoms with van der Waals surface area (Å²) in [5, 5.41) is 5.52. The van der Waals surface area contributed by atoms with Crippen molar-refractivity contribution in [2.45, 2.75) is 13.0 Å². The molecule has 0 bridgehead atoms. The van der Waals surface area contributed by atoms with Crippen LogP contribution in [0.25, 0.3) is 0 Å². The molecule has 150 valence electrons. The molecule has 1 N–H and O–H groups in total. The summed E-state index contributed by atoms with van der Waals surface area (Å²) in [5.74, 6) is -1.25. The van der Waals surface area contributed by atoms with Gasteiger partial charge in [0.05, 0.1) is 37.2 Å². The lowest BCUT2D eigenvalue weighted by Crippen LogP contribution is -2.27. The standard InChI is InChI=1S/C22H22N2O4S/c1-15(19-12-8-14-29-19)23-17-10-4-5-11-18(17)24-13-7-6-9-16(21(25)27-2)20(24)22(26)28-3/h4-15,23H,1-3H3. The monoisotopic (exact) mass is 410 g/mol. The average molecular weight is 410 g/mol. The molecule has 7 heteroatoms. The highest BCUT2D eigenvalue weighted by Crippen LogP contribution is 2.34. The van der Waals surface area contributed by atoms with E-state index in [0.29, 0.717) is 5.69 Å². The maximum atomic E-state index is 12.6. The van der Waals surface area contributed by atoms with Crippen LogP contribution in [0.4, 0.5) is 11.4 Å². The van der Waals surface area contributed by atoms with Crippen LogP contribution < -0.4 is 10.2 Å². The number of nitrogens with zero attached hydrogens (tertiary/aromatic N) is 1. The van der Waals surface area contributed by atoms with Crippen LogP contribution in [0.15, 0.2) is 77.5 Å². The van der Waals surface area contributed by atoms with Gasteiger partial charge in [0.2, 0.25) is 0 Å². The highest BCUT2D eigenvalue weighted by Gasteiger charge is 2.28. The Balaban J connectivity index is 2.08. The Kier molecular flexibility index (Phi) is 6.51. The third kappa shape index (κ3) is 4.41. The molecule has 29 heavy (non-hydrogen) atoms. The van der Waals surface area contributed by atoms with Crippen LogP contribution in [0, 0.1) is 0 Å². The molecule has 1 atom stereocenters. The van der Waals surface area contributed by atoms with Crippen molar-refractivity contribution in [3.63, 3.8) is 0 Å². The van der Waals surface area contributed by atoms with Gasteiger partial charge in [0.15, 0.2) is 0 Å². The van der Waals surface area contributed by atoms with Gasteiger partial charge in [-0.1, -0.05) is 24.3 Å². The number of rotatable bonds is 6. The number of allylic oxidation sites excluding steroid dienone is 2. The van der Waals surface area contributed by atoms with Gasteiger partial charge >= 0.3 is 11.9 Å². The Labute approximate surface area is 173 Å². The zero-order valence-electron chi connectivity index (χ0n) is 16.4. The summed E-state index contributed by atoms with van der Waals surface area (Å²) < 4.78 is 9.84. The van der Waals surface area contributed by atoms with Gasteiger partial charge in [-0.25, -0.2) is 9.59 Å². The molecule has 1 aromatic heterocycles. The topological polar surface area (TPSA) is 67.9 Å². The van der Waals surface area contributed by atoms with Crippen molar-refractivity contribution >= 4 is 34.7 Å². The van der Waals surface area contributed by atoms with E-state index in [1.54, 1.807) is 40.7 Å². The van der Waals surface area contributed by atoms with E-state index in [1.807, 2.05) is 35.7 Å². The number of methoxy groups -OCH3 is 2. The summed E-state index contributed by atoms with van der Waals surface area (Å²) in [6, 6.07) is 11.7. The first-order valence-electron chi connectivity index (χ1n) is 9.00. The highest BCUT2D eigenvalue weighted by atomic mass is 32.1. The quantitative estimate of drug-likeness (QED) is 0.712. The summed E-state index contributed by atoms with van der Waals surface area (Å²) in [5.41, 5.74) is 1.72. The normalized spacial score (nSPS) is 14.4. The first-order valence-corrected chi connectivity index (χ1v) is 9.88. The first-order chi connectivity index (χ1) is 14.1. The van der Waals surface area contributed by atoms with Crippen molar-refractivity contribution in [3.8, 4) is 0 Å². The lowest BCUT2D eigenvalue weighted by Gasteiger charge is -2.26. The molecular formula is C22H22N2O4S. The smallest absolute Gasteiger partial charge is 0.355 e. The predicted octanol–water partition coefficient (Wildman–Crippen LogP) is 4.41. The number of thiophene rings is 1. The summed E-state index contributed by atoms with van der Waals surface area (Å²) >= 11 is 1.67. The van der Waals surface area contributed by atoms with E-state index in [-0.39, 0.29) is 17.3 Å². The van der Waals surface area contributed by atoms with Gasteiger partial charge in [-0.15, -0.1) is 11.3 Å². The molecule has 1 aliphatic rings. The zero-order chi connectivity index (χ0) is 20.8. The lowest BCUT2D eigenvalue weighted by atomic mass is 10.1. The molecule has 6 nitrogen and oxygen atoms in total. The van der Waals surface area contributed by atoms with E-state index >= 15 is 0 Å². The number of ether oxygens (including phenoxy) is 2. The molecule has 0 fully saturated rings. The number of benzene rings is 1. The summed E-state index contributed by atoms with van der Waals surface area (Å²) in [7, 11) is 2.56. The number of para-hydroxylation sites is 2. The molecule has 0 radical (unpaired) electrons. The van der Waals surface area contributed by atoms with Crippen molar-refractivity contribution in [1.82, 2.24) is 0 Å². The van der Waals surface area contributed by atoms with Crippen LogP contribution in [0.3, 0.4) is 0 Å². The summed E-state index contributed by atoms with van der Waals surface area (Å²) in [4.78, 5) is 27.8. The minimum Gasteiger partial charge on any atom is -0.465 e. The SMILES string of the molecule is COC(=O)C1=C(C(=O)OC)N(c2ccccc2NC(C)c2cccs2)C=CC=C1. The Hall–Kier alpha value is -3.32. The molecule has 0 saturated heterocycles. The van der Waals surface area contributed by atoms with Crippen molar-refractivity contribution < 1.29 is 19.1 Å². The molecule has 3 rings (SSSR count). The maximum Gasteiger partial charge on any atom is 0.355 e. The average Bonchev–Trinajstić information content (AvgIpc) is 3.20. The van der Waals surface area contributed by atoms with E-state index in [4.69, 9.17) is 9.47 Å². The van der Waals surface area contributed by atoms with E-state index in [0.717, 1.165) is 5.69 Å². The van der Waals surface area contributed by atoms with Crippen LogP contribution in [-0.4, -0.2) is 26.2 Å². The van der Waals surface area contributed by atoms with E-state index < -0.39 is 11.9 Å². The van der Waals surface area contributed by atoms with Crippen LogP contribution in [0.5, 0.6) is 0 Å². The van der Waals surface area contributed by atoms with Crippen LogP contribution in [0.1, 0.15) is 17.8 Å². The summed E-state index contributed by atoms with van der Waals surface area (Å²) in [6.07, 6.45) is 6.69. The molecule has 1 unspecified atom stereocenters. The molecule has 1 aromatic carbocycles. The van der Waals surface area contributed by atoms with Crippen molar-refractivity contribution in [2.24, 2.45) is 0 Å². The van der Waals surface area contributed by atoms with Gasteiger partial charge in [0.1, 0.15) is 5.70 Å². The minimum absolute atomic E-state index is 0.0656. The van der Waals surface area contributed by atoms with Crippen molar-refractivity contribution in [1.29, 1.82) is 0 Å². The second-order valence-corrected chi connectivity index (χ2v) is 7.19. The number of hydrogen-bond donors (Lipinski definition) is 1. The van der Waals surface area contributed by atoms with E-state index in [9.17, 15) is 9.59 Å². The second kappa shape index (κ2) is 9.25. The van der Waals surface area contributed by atoms with Gasteiger partial charge < -0.3 is 19.7 Å². The number of esters is 2. The van der Waals surface area contributed by atoms with Gasteiger partial charge in [-0.2, -0.15) is 0 Å². The molecule has 0 saturated carbocycles. The number of anilines is 2. The third-order valence-corrected chi connectivity index (χ3v) is 5.45. The first kappa shape index (κ1) is 20.4. The van der Waals surface area contributed by atoms with Crippen molar-refractivity contribution in [2.75, 3.05) is 24.4 Å². The number of carbonyl (C=O) groups is 2. The molecule has 0 aliphatic carbocycles. The van der Waals surface area contributed by atoms with Gasteiger partial charge in [0, 0.05) is 11.1 Å². The second-order valence-electron chi connectivity index (χ2n) is 6.21. The van der Waals surface area contributed by atoms with Gasteiger partial charge in [0.25, 0.3) is 0 Å². The maximum absolute atomic E-state index is 12.6. The van der Waals surface area contributed by atoms with Gasteiger partial charge in [-0.05, 0) is 42.7 Å². The molecule has 2 aromatic rings. The molecule has 2 heterocycles. The minimum atomic E-state index is -0.636. The predicted molar refractivity (Wildman–Crippen MR) is 115 cm³/mol. The fraction of sp³-hybridized carbons (Fsp3) is 0.182. The number of nitrogens with one attached hydrogen (secondary N) is 1. The fourth-order valence-corrected chi connectivity index (χ4v) is 3.73. The molecular weight excluding hydrogens is 388 g/mol. The zero-order valence-corrected chi connectivity index (χ0v) is 17.2. The highest BCUT2D eigenvalue weighted by molar-refractivity contribution is 7.10. The largest absolute Gasteiger partial charge is 0.465 e. The van der Waals surface area contributed by atoms with E-state index in [2.05, 4.69) is 18.3 Å². The Morgan fingerprint density at radius 3 is 2.48 bits per heavy atom. The van der Waals surface area contributed by atoms with Crippen molar-refractivity contribution in [3.05, 3.63) is 82.4 Å². The number of carbonyl (C=O) groups excluding carboxylic acids is 2. The third-order valence-electron chi connectivity index (χ3n) is 4.39. The summed E-state index contributed by atoms with van der Waals surface area (Å²) in [6.45, 7) is 2.07. The molecule has 0 spiro atoms. The molecule has 1 aliphatic heterocycles. The van der Waals surface area contributed by atoms with Crippen LogP contribution in [0.2, 0.25) is 0 Å². The van der Waals surface area contributed by atoms with Crippen LogP contribution in [-0.2, 0) is 19.1 Å². The van der Waals surface area contributed by atoms with E-state index in [1.165, 1.54) is 19.1 Å². The lowest BCUT2D eigenvalue weighted by molar-refractivity contribution is -0.139.